The summed E-state index contributed by atoms with van der Waals surface area (Å²) in [6.07, 6.45) is 3.46. The Morgan fingerprint density at radius 2 is 2.22 bits per heavy atom. The van der Waals surface area contributed by atoms with E-state index in [9.17, 15) is 0 Å². The van der Waals surface area contributed by atoms with Gasteiger partial charge in [0.2, 0.25) is 0 Å². The molecule has 0 aromatic carbocycles. The van der Waals surface area contributed by atoms with Gasteiger partial charge in [-0.15, -0.1) is 0 Å². The minimum absolute atomic E-state index is 0.0205. The van der Waals surface area contributed by atoms with Gasteiger partial charge in [-0.2, -0.15) is 0 Å². The summed E-state index contributed by atoms with van der Waals surface area (Å²) in [6, 6.07) is 3.73. The van der Waals surface area contributed by atoms with Crippen LogP contribution in [0.4, 0.5) is 5.82 Å². The number of aromatic nitrogens is 1. The van der Waals surface area contributed by atoms with E-state index in [-0.39, 0.29) is 12.2 Å². The van der Waals surface area contributed by atoms with Crippen molar-refractivity contribution in [3.63, 3.8) is 0 Å². The number of pyridine rings is 1. The highest BCUT2D eigenvalue weighted by Gasteiger charge is 2.32. The summed E-state index contributed by atoms with van der Waals surface area (Å²) < 4.78 is 11.0. The van der Waals surface area contributed by atoms with Gasteiger partial charge in [0, 0.05) is 45.9 Å². The number of aliphatic hydroxyl groups is 1. The van der Waals surface area contributed by atoms with Crippen molar-refractivity contribution < 1.29 is 14.6 Å². The summed E-state index contributed by atoms with van der Waals surface area (Å²) in [5.74, 6) is 0.801. The van der Waals surface area contributed by atoms with Crippen LogP contribution in [0.2, 0.25) is 0 Å². The van der Waals surface area contributed by atoms with Crippen LogP contribution >= 0.6 is 0 Å². The third-order valence-electron chi connectivity index (χ3n) is 3.44. The molecule has 1 fully saturated rings. The van der Waals surface area contributed by atoms with Gasteiger partial charge >= 0.3 is 0 Å². The van der Waals surface area contributed by atoms with Gasteiger partial charge in [0.25, 0.3) is 0 Å². The first-order valence-corrected chi connectivity index (χ1v) is 6.20. The predicted octanol–water partition coefficient (Wildman–Crippen LogP) is 1.18. The monoisotopic (exact) mass is 252 g/mol. The highest BCUT2D eigenvalue weighted by molar-refractivity contribution is 5.35. The normalized spacial score (nSPS) is 18.6. The van der Waals surface area contributed by atoms with Gasteiger partial charge in [-0.05, 0) is 11.6 Å². The van der Waals surface area contributed by atoms with E-state index >= 15 is 0 Å². The zero-order chi connectivity index (χ0) is 12.8. The average molecular weight is 252 g/mol. The van der Waals surface area contributed by atoms with Crippen LogP contribution in [0, 0.1) is 0 Å². The summed E-state index contributed by atoms with van der Waals surface area (Å²) in [5, 5.41) is 12.2. The quantitative estimate of drug-likeness (QED) is 0.824. The van der Waals surface area contributed by atoms with E-state index in [1.807, 2.05) is 12.1 Å². The Morgan fingerprint density at radius 3 is 2.78 bits per heavy atom. The van der Waals surface area contributed by atoms with E-state index in [0.29, 0.717) is 0 Å². The molecule has 2 rings (SSSR count). The van der Waals surface area contributed by atoms with Crippen molar-refractivity contribution >= 4 is 5.82 Å². The van der Waals surface area contributed by atoms with Crippen molar-refractivity contribution in [3.8, 4) is 0 Å². The van der Waals surface area contributed by atoms with E-state index in [1.165, 1.54) is 0 Å². The number of hydrogen-bond donors (Lipinski definition) is 2. The highest BCUT2D eigenvalue weighted by atomic mass is 16.5. The Labute approximate surface area is 107 Å². The molecule has 0 atom stereocenters. The van der Waals surface area contributed by atoms with Crippen molar-refractivity contribution in [2.75, 3.05) is 32.2 Å². The Hall–Kier alpha value is -1.17. The molecule has 0 aliphatic carbocycles. The topological polar surface area (TPSA) is 63.6 Å². The number of anilines is 1. The van der Waals surface area contributed by atoms with Gasteiger partial charge in [0.15, 0.2) is 0 Å². The predicted molar refractivity (Wildman–Crippen MR) is 68.4 cm³/mol. The van der Waals surface area contributed by atoms with Gasteiger partial charge < -0.3 is 19.9 Å². The summed E-state index contributed by atoms with van der Waals surface area (Å²) in [7, 11) is 1.75. The van der Waals surface area contributed by atoms with Crippen LogP contribution in [-0.4, -0.2) is 42.6 Å². The largest absolute Gasteiger partial charge is 0.392 e. The number of methoxy groups -OCH3 is 1. The maximum absolute atomic E-state index is 8.95. The van der Waals surface area contributed by atoms with Gasteiger partial charge in [-0.25, -0.2) is 4.98 Å². The van der Waals surface area contributed by atoms with Crippen LogP contribution in [0.15, 0.2) is 18.3 Å². The third kappa shape index (κ3) is 3.19. The molecule has 0 bridgehead atoms. The Balaban J connectivity index is 1.92. The second-order valence-corrected chi connectivity index (χ2v) is 4.56. The number of aliphatic hydroxyl groups excluding tert-OH is 1. The fourth-order valence-electron chi connectivity index (χ4n) is 2.07. The lowest BCUT2D eigenvalue weighted by atomic mass is 9.94. The van der Waals surface area contributed by atoms with Crippen LogP contribution in [0.5, 0.6) is 0 Å². The lowest BCUT2D eigenvalue weighted by molar-refractivity contribution is -0.0807. The Bertz CT molecular complexity index is 361. The molecule has 0 unspecified atom stereocenters. The maximum Gasteiger partial charge on any atom is 0.125 e. The Morgan fingerprint density at radius 1 is 1.44 bits per heavy atom. The maximum atomic E-state index is 8.95. The SMILES string of the molecule is COC1(CNc2ccc(CO)cn2)CCOCC1. The Kier molecular flexibility index (Phi) is 4.52. The molecule has 1 saturated heterocycles. The lowest BCUT2D eigenvalue weighted by Crippen LogP contribution is -2.44. The summed E-state index contributed by atoms with van der Waals surface area (Å²) in [4.78, 5) is 4.24. The van der Waals surface area contributed by atoms with E-state index in [2.05, 4.69) is 10.3 Å². The van der Waals surface area contributed by atoms with Crippen LogP contribution in [-0.2, 0) is 16.1 Å². The van der Waals surface area contributed by atoms with Crippen molar-refractivity contribution in [2.24, 2.45) is 0 Å². The molecule has 0 amide bonds. The molecule has 1 aromatic heterocycles. The minimum Gasteiger partial charge on any atom is -0.392 e. The molecule has 2 heterocycles. The van der Waals surface area contributed by atoms with Crippen LogP contribution < -0.4 is 5.32 Å². The van der Waals surface area contributed by atoms with Gasteiger partial charge in [-0.3, -0.25) is 0 Å². The van der Waals surface area contributed by atoms with Gasteiger partial charge in [-0.1, -0.05) is 6.07 Å². The van der Waals surface area contributed by atoms with Crippen LogP contribution in [0.3, 0.4) is 0 Å². The molecule has 0 radical (unpaired) electrons. The van der Waals surface area contributed by atoms with Crippen molar-refractivity contribution in [1.82, 2.24) is 4.98 Å². The van der Waals surface area contributed by atoms with Crippen molar-refractivity contribution in [1.29, 1.82) is 0 Å². The molecular weight excluding hydrogens is 232 g/mol. The highest BCUT2D eigenvalue weighted by Crippen LogP contribution is 2.24. The molecule has 100 valence electrons. The fourth-order valence-corrected chi connectivity index (χ4v) is 2.07. The first kappa shape index (κ1) is 13.3. The minimum atomic E-state index is -0.157. The van der Waals surface area contributed by atoms with Crippen LogP contribution in [0.1, 0.15) is 18.4 Å². The first-order valence-electron chi connectivity index (χ1n) is 6.20. The van der Waals surface area contributed by atoms with E-state index in [0.717, 1.165) is 44.0 Å². The molecule has 0 saturated carbocycles. The van der Waals surface area contributed by atoms with E-state index < -0.39 is 0 Å². The summed E-state index contributed by atoms with van der Waals surface area (Å²) >= 11 is 0. The standard InChI is InChI=1S/C13H20N2O3/c1-17-13(4-6-18-7-5-13)10-15-12-3-2-11(9-16)8-14-12/h2-3,8,16H,4-7,9-10H2,1H3,(H,14,15). The molecular formula is C13H20N2O3. The van der Waals surface area contributed by atoms with Crippen LogP contribution in [0.25, 0.3) is 0 Å². The molecule has 1 aromatic rings. The number of rotatable bonds is 5. The van der Waals surface area contributed by atoms with Crippen molar-refractivity contribution in [2.45, 2.75) is 25.0 Å². The summed E-state index contributed by atoms with van der Waals surface area (Å²) in [6.45, 7) is 2.23. The molecule has 18 heavy (non-hydrogen) atoms. The van der Waals surface area contributed by atoms with Crippen molar-refractivity contribution in [3.05, 3.63) is 23.9 Å². The molecule has 1 aliphatic rings. The zero-order valence-electron chi connectivity index (χ0n) is 10.7. The zero-order valence-corrected chi connectivity index (χ0v) is 10.7. The lowest BCUT2D eigenvalue weighted by Gasteiger charge is -2.36. The molecule has 5 heteroatoms. The third-order valence-corrected chi connectivity index (χ3v) is 3.44. The number of nitrogens with zero attached hydrogens (tertiary/aromatic N) is 1. The second kappa shape index (κ2) is 6.13. The molecule has 0 spiro atoms. The molecule has 1 aliphatic heterocycles. The molecule has 5 nitrogen and oxygen atoms in total. The summed E-state index contributed by atoms with van der Waals surface area (Å²) in [5.41, 5.74) is 0.656. The average Bonchev–Trinajstić information content (AvgIpc) is 2.47. The first-order chi connectivity index (χ1) is 8.78. The smallest absolute Gasteiger partial charge is 0.125 e. The number of hydrogen-bond acceptors (Lipinski definition) is 5. The van der Waals surface area contributed by atoms with E-state index in [4.69, 9.17) is 14.6 Å². The second-order valence-electron chi connectivity index (χ2n) is 4.56. The van der Waals surface area contributed by atoms with Gasteiger partial charge in [0.1, 0.15) is 5.82 Å². The fraction of sp³-hybridized carbons (Fsp3) is 0.615. The molecule has 2 N–H and O–H groups in total. The van der Waals surface area contributed by atoms with Gasteiger partial charge in [0.05, 0.1) is 12.2 Å². The van der Waals surface area contributed by atoms with E-state index in [1.54, 1.807) is 13.3 Å². The number of ether oxygens (including phenoxy) is 2. The number of nitrogens with one attached hydrogen (secondary N) is 1.